The summed E-state index contributed by atoms with van der Waals surface area (Å²) in [5.41, 5.74) is 1.61. The fourth-order valence-corrected chi connectivity index (χ4v) is 3.41. The SMILES string of the molecule is CC(C)C(NC(=O)c1ccc(C(C)(C)C)cc1)C(=O)OCC(=O)NC1CCCC1. The number of amides is 2. The van der Waals surface area contributed by atoms with Crippen LogP contribution in [-0.4, -0.2) is 36.5 Å². The van der Waals surface area contributed by atoms with Gasteiger partial charge in [0.2, 0.25) is 0 Å². The van der Waals surface area contributed by atoms with Crippen molar-refractivity contribution in [3.05, 3.63) is 35.4 Å². The Kier molecular flexibility index (Phi) is 7.82. The molecule has 0 aliphatic heterocycles. The van der Waals surface area contributed by atoms with Crippen molar-refractivity contribution in [1.82, 2.24) is 10.6 Å². The fourth-order valence-electron chi connectivity index (χ4n) is 3.41. The topological polar surface area (TPSA) is 84.5 Å². The molecule has 1 unspecified atom stereocenters. The van der Waals surface area contributed by atoms with Crippen molar-refractivity contribution < 1.29 is 19.1 Å². The quantitative estimate of drug-likeness (QED) is 0.685. The van der Waals surface area contributed by atoms with E-state index >= 15 is 0 Å². The molecule has 160 valence electrons. The van der Waals surface area contributed by atoms with Crippen LogP contribution in [0, 0.1) is 5.92 Å². The fraction of sp³-hybridized carbons (Fsp3) is 0.609. The molecule has 2 N–H and O–H groups in total. The molecule has 0 bridgehead atoms. The predicted octanol–water partition coefficient (Wildman–Crippen LogP) is 3.34. The van der Waals surface area contributed by atoms with Crippen LogP contribution in [0.1, 0.15) is 76.2 Å². The first-order chi connectivity index (χ1) is 13.6. The average molecular weight is 403 g/mol. The van der Waals surface area contributed by atoms with Gasteiger partial charge in [-0.2, -0.15) is 0 Å². The van der Waals surface area contributed by atoms with Gasteiger partial charge in [-0.3, -0.25) is 9.59 Å². The summed E-state index contributed by atoms with van der Waals surface area (Å²) in [5.74, 6) is -1.40. The van der Waals surface area contributed by atoms with E-state index in [0.29, 0.717) is 5.56 Å². The van der Waals surface area contributed by atoms with Gasteiger partial charge in [-0.25, -0.2) is 4.79 Å². The van der Waals surface area contributed by atoms with Crippen molar-refractivity contribution in [2.24, 2.45) is 5.92 Å². The molecule has 1 atom stereocenters. The van der Waals surface area contributed by atoms with Gasteiger partial charge in [-0.15, -0.1) is 0 Å². The summed E-state index contributed by atoms with van der Waals surface area (Å²) in [6.07, 6.45) is 4.17. The molecule has 6 heteroatoms. The van der Waals surface area contributed by atoms with E-state index < -0.39 is 12.0 Å². The van der Waals surface area contributed by atoms with Crippen molar-refractivity contribution in [2.45, 2.75) is 77.8 Å². The van der Waals surface area contributed by atoms with Crippen LogP contribution >= 0.6 is 0 Å². The van der Waals surface area contributed by atoms with Gasteiger partial charge in [0.05, 0.1) is 0 Å². The zero-order valence-corrected chi connectivity index (χ0v) is 18.2. The number of nitrogens with one attached hydrogen (secondary N) is 2. The first kappa shape index (κ1) is 22.9. The largest absolute Gasteiger partial charge is 0.454 e. The van der Waals surface area contributed by atoms with Gasteiger partial charge in [0, 0.05) is 11.6 Å². The molecule has 2 amide bonds. The first-order valence-corrected chi connectivity index (χ1v) is 10.5. The third-order valence-electron chi connectivity index (χ3n) is 5.29. The summed E-state index contributed by atoms with van der Waals surface area (Å²) in [4.78, 5) is 37.0. The number of ether oxygens (including phenoxy) is 1. The number of esters is 1. The minimum absolute atomic E-state index is 0.00164. The third-order valence-corrected chi connectivity index (χ3v) is 5.29. The molecule has 2 rings (SSSR count). The molecule has 1 aromatic rings. The lowest BCUT2D eigenvalue weighted by Crippen LogP contribution is -2.46. The number of rotatable bonds is 7. The van der Waals surface area contributed by atoms with E-state index in [1.54, 1.807) is 12.1 Å². The predicted molar refractivity (Wildman–Crippen MR) is 113 cm³/mol. The second-order valence-electron chi connectivity index (χ2n) is 9.18. The molecule has 0 heterocycles. The van der Waals surface area contributed by atoms with Crippen LogP contribution in [0.4, 0.5) is 0 Å². The van der Waals surface area contributed by atoms with E-state index in [9.17, 15) is 14.4 Å². The Hall–Kier alpha value is -2.37. The van der Waals surface area contributed by atoms with Gasteiger partial charge in [0.1, 0.15) is 6.04 Å². The zero-order chi connectivity index (χ0) is 21.6. The molecule has 1 aliphatic carbocycles. The van der Waals surface area contributed by atoms with E-state index in [1.165, 1.54) is 0 Å². The van der Waals surface area contributed by atoms with Crippen LogP contribution in [0.5, 0.6) is 0 Å². The van der Waals surface area contributed by atoms with E-state index in [2.05, 4.69) is 31.4 Å². The second kappa shape index (κ2) is 9.90. The zero-order valence-electron chi connectivity index (χ0n) is 18.2. The van der Waals surface area contributed by atoms with Gasteiger partial charge in [0.15, 0.2) is 6.61 Å². The van der Waals surface area contributed by atoms with Crippen LogP contribution < -0.4 is 10.6 Å². The Balaban J connectivity index is 1.91. The Morgan fingerprint density at radius 3 is 2.17 bits per heavy atom. The molecule has 1 saturated carbocycles. The van der Waals surface area contributed by atoms with Crippen molar-refractivity contribution in [2.75, 3.05) is 6.61 Å². The molecular formula is C23H34N2O4. The Morgan fingerprint density at radius 2 is 1.66 bits per heavy atom. The molecule has 6 nitrogen and oxygen atoms in total. The van der Waals surface area contributed by atoms with E-state index in [1.807, 2.05) is 26.0 Å². The highest BCUT2D eigenvalue weighted by atomic mass is 16.5. The van der Waals surface area contributed by atoms with Crippen LogP contribution in [0.15, 0.2) is 24.3 Å². The lowest BCUT2D eigenvalue weighted by atomic mass is 9.86. The van der Waals surface area contributed by atoms with Gasteiger partial charge < -0.3 is 15.4 Å². The molecule has 0 saturated heterocycles. The van der Waals surface area contributed by atoms with Crippen LogP contribution in [0.2, 0.25) is 0 Å². The van der Waals surface area contributed by atoms with Crippen molar-refractivity contribution >= 4 is 17.8 Å². The number of carbonyl (C=O) groups is 3. The Bertz CT molecular complexity index is 713. The Morgan fingerprint density at radius 1 is 1.07 bits per heavy atom. The maximum Gasteiger partial charge on any atom is 0.329 e. The summed E-state index contributed by atoms with van der Waals surface area (Å²) in [7, 11) is 0. The summed E-state index contributed by atoms with van der Waals surface area (Å²) >= 11 is 0. The van der Waals surface area contributed by atoms with Crippen LogP contribution in [0.3, 0.4) is 0 Å². The lowest BCUT2D eigenvalue weighted by Gasteiger charge is -2.22. The second-order valence-corrected chi connectivity index (χ2v) is 9.18. The highest BCUT2D eigenvalue weighted by Crippen LogP contribution is 2.22. The summed E-state index contributed by atoms with van der Waals surface area (Å²) in [6.45, 7) is 9.65. The molecule has 1 fully saturated rings. The minimum atomic E-state index is -0.816. The lowest BCUT2D eigenvalue weighted by molar-refractivity contribution is -0.151. The maximum absolute atomic E-state index is 12.6. The molecule has 0 spiro atoms. The van der Waals surface area contributed by atoms with Gasteiger partial charge >= 0.3 is 5.97 Å². The number of hydrogen-bond donors (Lipinski definition) is 2. The number of benzene rings is 1. The minimum Gasteiger partial charge on any atom is -0.454 e. The average Bonchev–Trinajstić information content (AvgIpc) is 3.16. The van der Waals surface area contributed by atoms with E-state index in [-0.39, 0.29) is 35.8 Å². The normalized spacial score (nSPS) is 15.8. The smallest absolute Gasteiger partial charge is 0.329 e. The van der Waals surface area contributed by atoms with E-state index in [4.69, 9.17) is 4.74 Å². The highest BCUT2D eigenvalue weighted by Gasteiger charge is 2.27. The summed E-state index contributed by atoms with van der Waals surface area (Å²) < 4.78 is 5.17. The van der Waals surface area contributed by atoms with Crippen LogP contribution in [-0.2, 0) is 19.7 Å². The number of carbonyl (C=O) groups excluding carboxylic acids is 3. The maximum atomic E-state index is 12.6. The molecule has 29 heavy (non-hydrogen) atoms. The number of hydrogen-bond acceptors (Lipinski definition) is 4. The van der Waals surface area contributed by atoms with Gasteiger partial charge in [0.25, 0.3) is 11.8 Å². The molecule has 1 aromatic carbocycles. The molecule has 0 aromatic heterocycles. The summed E-state index contributed by atoms with van der Waals surface area (Å²) in [5, 5.41) is 5.63. The van der Waals surface area contributed by atoms with E-state index in [0.717, 1.165) is 31.2 Å². The van der Waals surface area contributed by atoms with Crippen molar-refractivity contribution in [3.63, 3.8) is 0 Å². The standard InChI is InChI=1S/C23H34N2O4/c1-15(2)20(22(28)29-14-19(26)24-18-8-6-7-9-18)25-21(27)16-10-12-17(13-11-16)23(3,4)5/h10-13,15,18,20H,6-9,14H2,1-5H3,(H,24,26)(H,25,27). The molecular weight excluding hydrogens is 368 g/mol. The Labute approximate surface area is 173 Å². The van der Waals surface area contributed by atoms with Gasteiger partial charge in [-0.05, 0) is 41.9 Å². The monoisotopic (exact) mass is 402 g/mol. The highest BCUT2D eigenvalue weighted by molar-refractivity contribution is 5.97. The first-order valence-electron chi connectivity index (χ1n) is 10.5. The van der Waals surface area contributed by atoms with Crippen LogP contribution in [0.25, 0.3) is 0 Å². The third kappa shape index (κ3) is 6.87. The summed E-state index contributed by atoms with van der Waals surface area (Å²) in [6, 6.07) is 6.72. The molecule has 0 radical (unpaired) electrons. The van der Waals surface area contributed by atoms with Crippen molar-refractivity contribution in [3.8, 4) is 0 Å². The molecule has 1 aliphatic rings. The van der Waals surface area contributed by atoms with Crippen molar-refractivity contribution in [1.29, 1.82) is 0 Å². The van der Waals surface area contributed by atoms with Gasteiger partial charge in [-0.1, -0.05) is 59.6 Å².